The van der Waals surface area contributed by atoms with Gasteiger partial charge in [0.25, 0.3) is 5.91 Å². The van der Waals surface area contributed by atoms with Crippen molar-refractivity contribution in [2.24, 2.45) is 14.1 Å². The number of aromatic nitrogens is 4. The number of aryl methyl sites for hydroxylation is 3. The second-order valence-corrected chi connectivity index (χ2v) is 3.97. The summed E-state index contributed by atoms with van der Waals surface area (Å²) in [6.07, 6.45) is 3.56. The molecule has 0 atom stereocenters. The Morgan fingerprint density at radius 1 is 1.35 bits per heavy atom. The zero-order valence-corrected chi connectivity index (χ0v) is 10.1. The summed E-state index contributed by atoms with van der Waals surface area (Å²) in [5, 5.41) is 11.1. The second kappa shape index (κ2) is 4.40. The van der Waals surface area contributed by atoms with Crippen LogP contribution in [0.25, 0.3) is 0 Å². The van der Waals surface area contributed by atoms with Gasteiger partial charge in [0, 0.05) is 26.5 Å². The summed E-state index contributed by atoms with van der Waals surface area (Å²) in [5.74, 6) is -0.124. The third kappa shape index (κ3) is 2.52. The van der Waals surface area contributed by atoms with Gasteiger partial charge in [-0.1, -0.05) is 0 Å². The van der Waals surface area contributed by atoms with Crippen LogP contribution in [0.1, 0.15) is 21.7 Å². The molecule has 0 aromatic carbocycles. The van der Waals surface area contributed by atoms with Crippen molar-refractivity contribution in [3.63, 3.8) is 0 Å². The molecule has 2 heterocycles. The van der Waals surface area contributed by atoms with Gasteiger partial charge in [-0.3, -0.25) is 14.2 Å². The van der Waals surface area contributed by atoms with E-state index < -0.39 is 0 Å². The van der Waals surface area contributed by atoms with Crippen LogP contribution < -0.4 is 5.32 Å². The van der Waals surface area contributed by atoms with Crippen LogP contribution in [0.3, 0.4) is 0 Å². The van der Waals surface area contributed by atoms with E-state index in [-0.39, 0.29) is 5.91 Å². The standard InChI is InChI=1S/C11H15N5O/c1-8-10(7-16(3)13-8)11(17)12-6-9-4-5-15(2)14-9/h4-5,7H,6H2,1-3H3,(H,12,17). The lowest BCUT2D eigenvalue weighted by Crippen LogP contribution is -2.23. The maximum Gasteiger partial charge on any atom is 0.255 e. The monoisotopic (exact) mass is 233 g/mol. The van der Waals surface area contributed by atoms with Gasteiger partial charge in [-0.2, -0.15) is 10.2 Å². The SMILES string of the molecule is Cc1nn(C)cc1C(=O)NCc1ccn(C)n1. The molecule has 0 saturated carbocycles. The van der Waals surface area contributed by atoms with Crippen LogP contribution in [0.15, 0.2) is 18.5 Å². The normalized spacial score (nSPS) is 10.5. The number of amides is 1. The molecule has 0 bridgehead atoms. The molecule has 0 spiro atoms. The van der Waals surface area contributed by atoms with Crippen molar-refractivity contribution in [2.75, 3.05) is 0 Å². The van der Waals surface area contributed by atoms with E-state index in [9.17, 15) is 4.79 Å². The van der Waals surface area contributed by atoms with Gasteiger partial charge in [0.1, 0.15) is 0 Å². The summed E-state index contributed by atoms with van der Waals surface area (Å²) in [7, 11) is 3.64. The molecule has 0 saturated heterocycles. The van der Waals surface area contributed by atoms with Gasteiger partial charge in [-0.05, 0) is 13.0 Å². The summed E-state index contributed by atoms with van der Waals surface area (Å²) in [6, 6.07) is 1.87. The highest BCUT2D eigenvalue weighted by atomic mass is 16.1. The van der Waals surface area contributed by atoms with Crippen molar-refractivity contribution >= 4 is 5.91 Å². The molecule has 1 amide bonds. The van der Waals surface area contributed by atoms with Crippen LogP contribution >= 0.6 is 0 Å². The third-order valence-electron chi connectivity index (χ3n) is 2.46. The number of nitrogens with zero attached hydrogens (tertiary/aromatic N) is 4. The first-order chi connectivity index (χ1) is 8.06. The molecule has 0 aliphatic rings. The number of hydrogen-bond acceptors (Lipinski definition) is 3. The molecule has 6 nitrogen and oxygen atoms in total. The number of nitrogens with one attached hydrogen (secondary N) is 1. The molecule has 0 aliphatic carbocycles. The van der Waals surface area contributed by atoms with E-state index in [0.717, 1.165) is 11.4 Å². The highest BCUT2D eigenvalue weighted by molar-refractivity contribution is 5.94. The van der Waals surface area contributed by atoms with Crippen LogP contribution in [0.5, 0.6) is 0 Å². The number of hydrogen-bond donors (Lipinski definition) is 1. The van der Waals surface area contributed by atoms with Gasteiger partial charge in [-0.15, -0.1) is 0 Å². The molecule has 90 valence electrons. The first kappa shape index (κ1) is 11.4. The molecule has 0 fully saturated rings. The summed E-state index contributed by atoms with van der Waals surface area (Å²) < 4.78 is 3.34. The van der Waals surface area contributed by atoms with Crippen LogP contribution in [0, 0.1) is 6.92 Å². The van der Waals surface area contributed by atoms with Crippen LogP contribution in [-0.2, 0) is 20.6 Å². The maximum atomic E-state index is 11.9. The fraction of sp³-hybridized carbons (Fsp3) is 0.364. The predicted octanol–water partition coefficient (Wildman–Crippen LogP) is 0.392. The van der Waals surface area contributed by atoms with Gasteiger partial charge >= 0.3 is 0 Å². The number of carbonyl (C=O) groups is 1. The lowest BCUT2D eigenvalue weighted by Gasteiger charge is -2.01. The third-order valence-corrected chi connectivity index (χ3v) is 2.46. The average Bonchev–Trinajstić information content (AvgIpc) is 2.81. The van der Waals surface area contributed by atoms with E-state index >= 15 is 0 Å². The van der Waals surface area contributed by atoms with E-state index in [0.29, 0.717) is 12.1 Å². The molecule has 6 heteroatoms. The Balaban J connectivity index is 2.00. The zero-order chi connectivity index (χ0) is 12.4. The summed E-state index contributed by atoms with van der Waals surface area (Å²) >= 11 is 0. The largest absolute Gasteiger partial charge is 0.346 e. The molecule has 0 radical (unpaired) electrons. The molecule has 2 aromatic heterocycles. The molecule has 0 aliphatic heterocycles. The van der Waals surface area contributed by atoms with Crippen LogP contribution in [0.2, 0.25) is 0 Å². The van der Waals surface area contributed by atoms with Gasteiger partial charge < -0.3 is 5.32 Å². The average molecular weight is 233 g/mol. The Labute approximate surface area is 99.2 Å². The quantitative estimate of drug-likeness (QED) is 0.834. The summed E-state index contributed by atoms with van der Waals surface area (Å²) in [5.41, 5.74) is 2.16. The lowest BCUT2D eigenvalue weighted by molar-refractivity contribution is 0.0949. The fourth-order valence-corrected chi connectivity index (χ4v) is 1.65. The highest BCUT2D eigenvalue weighted by Crippen LogP contribution is 2.04. The van der Waals surface area contributed by atoms with Crippen molar-refractivity contribution in [3.8, 4) is 0 Å². The Hall–Kier alpha value is -2.11. The van der Waals surface area contributed by atoms with Crippen molar-refractivity contribution in [1.82, 2.24) is 24.9 Å². The summed E-state index contributed by atoms with van der Waals surface area (Å²) in [4.78, 5) is 11.9. The zero-order valence-electron chi connectivity index (χ0n) is 10.1. The maximum absolute atomic E-state index is 11.9. The fourth-order valence-electron chi connectivity index (χ4n) is 1.65. The molecule has 1 N–H and O–H groups in total. The van der Waals surface area contributed by atoms with Gasteiger partial charge in [-0.25, -0.2) is 0 Å². The minimum absolute atomic E-state index is 0.124. The van der Waals surface area contributed by atoms with E-state index in [2.05, 4.69) is 15.5 Å². The number of carbonyl (C=O) groups excluding carboxylic acids is 1. The van der Waals surface area contributed by atoms with Gasteiger partial charge in [0.2, 0.25) is 0 Å². The van der Waals surface area contributed by atoms with Crippen LogP contribution in [0.4, 0.5) is 0 Å². The first-order valence-corrected chi connectivity index (χ1v) is 5.33. The highest BCUT2D eigenvalue weighted by Gasteiger charge is 2.12. The van der Waals surface area contributed by atoms with Crippen LogP contribution in [-0.4, -0.2) is 25.5 Å². The van der Waals surface area contributed by atoms with E-state index in [4.69, 9.17) is 0 Å². The van der Waals surface area contributed by atoms with Crippen molar-refractivity contribution in [3.05, 3.63) is 35.4 Å². The number of rotatable bonds is 3. The Kier molecular flexibility index (Phi) is 2.95. The lowest BCUT2D eigenvalue weighted by atomic mass is 10.2. The second-order valence-electron chi connectivity index (χ2n) is 3.97. The molecule has 17 heavy (non-hydrogen) atoms. The van der Waals surface area contributed by atoms with Gasteiger partial charge in [0.05, 0.1) is 23.5 Å². The molecular formula is C11H15N5O. The van der Waals surface area contributed by atoms with E-state index in [1.807, 2.05) is 26.2 Å². The Morgan fingerprint density at radius 2 is 2.12 bits per heavy atom. The molecule has 2 aromatic rings. The smallest absolute Gasteiger partial charge is 0.255 e. The van der Waals surface area contributed by atoms with Crippen molar-refractivity contribution in [1.29, 1.82) is 0 Å². The Morgan fingerprint density at radius 3 is 2.65 bits per heavy atom. The van der Waals surface area contributed by atoms with Crippen molar-refractivity contribution < 1.29 is 4.79 Å². The predicted molar refractivity (Wildman–Crippen MR) is 62.3 cm³/mol. The molecular weight excluding hydrogens is 218 g/mol. The van der Waals surface area contributed by atoms with E-state index in [1.165, 1.54) is 0 Å². The molecule has 0 unspecified atom stereocenters. The summed E-state index contributed by atoms with van der Waals surface area (Å²) in [6.45, 7) is 2.24. The molecule has 2 rings (SSSR count). The van der Waals surface area contributed by atoms with E-state index in [1.54, 1.807) is 22.6 Å². The minimum Gasteiger partial charge on any atom is -0.346 e. The first-order valence-electron chi connectivity index (χ1n) is 5.33. The topological polar surface area (TPSA) is 64.7 Å². The van der Waals surface area contributed by atoms with Crippen molar-refractivity contribution in [2.45, 2.75) is 13.5 Å². The minimum atomic E-state index is -0.124. The Bertz CT molecular complexity index is 540. The van der Waals surface area contributed by atoms with Gasteiger partial charge in [0.15, 0.2) is 0 Å².